The highest BCUT2D eigenvalue weighted by molar-refractivity contribution is 7.99. The van der Waals surface area contributed by atoms with E-state index in [4.69, 9.17) is 4.42 Å². The summed E-state index contributed by atoms with van der Waals surface area (Å²) in [5.41, 5.74) is 0.979. The van der Waals surface area contributed by atoms with Gasteiger partial charge in [0, 0.05) is 16.9 Å². The number of aliphatic carboxylic acids is 1. The maximum Gasteiger partial charge on any atom is 0.327 e. The molecular weight excluding hydrogens is 309 g/mol. The number of nitrogens with zero attached hydrogens (tertiary/aromatic N) is 1. The number of thioether (sulfide) groups is 1. The van der Waals surface area contributed by atoms with Crippen molar-refractivity contribution in [2.75, 3.05) is 5.75 Å². The molecule has 0 spiro atoms. The smallest absolute Gasteiger partial charge is 0.327 e. The lowest BCUT2D eigenvalue weighted by Gasteiger charge is -2.26. The number of carboxylic acid groups (broad SMARTS) is 1. The molecule has 0 radical (unpaired) electrons. The van der Waals surface area contributed by atoms with Gasteiger partial charge in [-0.25, -0.2) is 9.18 Å². The van der Waals surface area contributed by atoms with Gasteiger partial charge in [0.1, 0.15) is 17.2 Å². The number of carboxylic acids is 1. The summed E-state index contributed by atoms with van der Waals surface area (Å²) in [4.78, 5) is 25.4. The van der Waals surface area contributed by atoms with Crippen molar-refractivity contribution in [1.29, 1.82) is 0 Å². The average Bonchev–Trinajstić information content (AvgIpc) is 3.16. The van der Waals surface area contributed by atoms with Gasteiger partial charge in [0.05, 0.1) is 12.5 Å². The highest BCUT2D eigenvalue weighted by Gasteiger charge is 2.43. The normalized spacial score (nSPS) is 21.0. The van der Waals surface area contributed by atoms with E-state index in [1.54, 1.807) is 6.07 Å². The highest BCUT2D eigenvalue weighted by Crippen LogP contribution is 2.42. The Morgan fingerprint density at radius 1 is 1.27 bits per heavy atom. The van der Waals surface area contributed by atoms with E-state index in [1.807, 2.05) is 0 Å². The molecule has 1 aliphatic heterocycles. The van der Waals surface area contributed by atoms with Gasteiger partial charge >= 0.3 is 5.97 Å². The van der Waals surface area contributed by atoms with Crippen LogP contribution >= 0.6 is 11.8 Å². The van der Waals surface area contributed by atoms with Crippen molar-refractivity contribution >= 4 is 23.6 Å². The van der Waals surface area contributed by atoms with Crippen LogP contribution in [0, 0.1) is 5.82 Å². The van der Waals surface area contributed by atoms with E-state index in [0.717, 1.165) is 5.56 Å². The number of hydrogen-bond donors (Lipinski definition) is 1. The standard InChI is InChI=1S/C15H12FNO4S/c16-11-3-1-9(2-4-11)13(18)17-12(15(19)20)8-22-14(17)10-5-6-21-7-10/h1-7,12,14H,8H2,(H,19,20)/t12-,14+/m0/s1. The van der Waals surface area contributed by atoms with Crippen LogP contribution in [0.25, 0.3) is 0 Å². The zero-order valence-electron chi connectivity index (χ0n) is 11.3. The first-order chi connectivity index (χ1) is 10.6. The number of carbonyl (C=O) groups is 2. The topological polar surface area (TPSA) is 70.8 Å². The molecule has 0 aliphatic carbocycles. The summed E-state index contributed by atoms with van der Waals surface area (Å²) in [6.45, 7) is 0. The van der Waals surface area contributed by atoms with Crippen molar-refractivity contribution in [3.63, 3.8) is 0 Å². The fourth-order valence-electron chi connectivity index (χ4n) is 2.36. The molecule has 1 saturated heterocycles. The van der Waals surface area contributed by atoms with Gasteiger partial charge in [-0.15, -0.1) is 11.8 Å². The summed E-state index contributed by atoms with van der Waals surface area (Å²) < 4.78 is 18.0. The number of carbonyl (C=O) groups excluding carboxylic acids is 1. The second-order valence-corrected chi connectivity index (χ2v) is 5.93. The molecule has 22 heavy (non-hydrogen) atoms. The van der Waals surface area contributed by atoms with Crippen LogP contribution in [0.1, 0.15) is 21.3 Å². The van der Waals surface area contributed by atoms with Crippen molar-refractivity contribution in [3.8, 4) is 0 Å². The van der Waals surface area contributed by atoms with Crippen molar-refractivity contribution in [2.45, 2.75) is 11.4 Å². The van der Waals surface area contributed by atoms with Gasteiger partial charge in [-0.3, -0.25) is 4.79 Å². The van der Waals surface area contributed by atoms with Gasteiger partial charge < -0.3 is 14.4 Å². The average molecular weight is 321 g/mol. The molecular formula is C15H12FNO4S. The van der Waals surface area contributed by atoms with Crippen LogP contribution in [0.15, 0.2) is 47.3 Å². The molecule has 1 fully saturated rings. The van der Waals surface area contributed by atoms with E-state index in [-0.39, 0.29) is 11.3 Å². The van der Waals surface area contributed by atoms with Gasteiger partial charge in [-0.1, -0.05) is 0 Å². The summed E-state index contributed by atoms with van der Waals surface area (Å²) in [5.74, 6) is -1.66. The first kappa shape index (κ1) is 14.6. The summed E-state index contributed by atoms with van der Waals surface area (Å²) in [5, 5.41) is 8.92. The number of hydrogen-bond acceptors (Lipinski definition) is 4. The number of rotatable bonds is 3. The van der Waals surface area contributed by atoms with E-state index >= 15 is 0 Å². The third-order valence-corrected chi connectivity index (χ3v) is 4.76. The summed E-state index contributed by atoms with van der Waals surface area (Å²) in [7, 11) is 0. The number of halogens is 1. The van der Waals surface area contributed by atoms with Crippen LogP contribution in [0.3, 0.4) is 0 Å². The molecule has 0 saturated carbocycles. The van der Waals surface area contributed by atoms with Crippen LogP contribution in [-0.4, -0.2) is 33.7 Å². The first-order valence-corrected chi connectivity index (χ1v) is 7.57. The molecule has 0 bridgehead atoms. The third-order valence-electron chi connectivity index (χ3n) is 3.44. The Bertz CT molecular complexity index is 686. The van der Waals surface area contributed by atoms with Gasteiger partial charge in [-0.05, 0) is 30.3 Å². The lowest BCUT2D eigenvalue weighted by atomic mass is 10.1. The van der Waals surface area contributed by atoms with E-state index in [9.17, 15) is 19.1 Å². The van der Waals surface area contributed by atoms with Gasteiger partial charge in [-0.2, -0.15) is 0 Å². The summed E-state index contributed by atoms with van der Waals surface area (Å²) in [6, 6.07) is 5.84. The van der Waals surface area contributed by atoms with Crippen molar-refractivity contribution in [1.82, 2.24) is 4.90 Å². The van der Waals surface area contributed by atoms with Gasteiger partial charge in [0.2, 0.25) is 0 Å². The Kier molecular flexibility index (Phi) is 3.89. The Morgan fingerprint density at radius 2 is 2.00 bits per heavy atom. The Labute approximate surface area is 129 Å². The van der Waals surface area contributed by atoms with E-state index in [1.165, 1.54) is 53.5 Å². The zero-order chi connectivity index (χ0) is 15.7. The van der Waals surface area contributed by atoms with Crippen LogP contribution in [0.2, 0.25) is 0 Å². The molecule has 7 heteroatoms. The van der Waals surface area contributed by atoms with E-state index in [2.05, 4.69) is 0 Å². The Balaban J connectivity index is 1.96. The Hall–Kier alpha value is -2.28. The predicted molar refractivity (Wildman–Crippen MR) is 77.9 cm³/mol. The quantitative estimate of drug-likeness (QED) is 0.941. The van der Waals surface area contributed by atoms with Gasteiger partial charge in [0.15, 0.2) is 0 Å². The van der Waals surface area contributed by atoms with Crippen LogP contribution in [0.5, 0.6) is 0 Å². The molecule has 1 aromatic carbocycles. The monoisotopic (exact) mass is 321 g/mol. The number of benzene rings is 1. The minimum absolute atomic E-state index is 0.253. The van der Waals surface area contributed by atoms with Crippen LogP contribution in [-0.2, 0) is 4.79 Å². The van der Waals surface area contributed by atoms with Crippen molar-refractivity contribution < 1.29 is 23.5 Å². The highest BCUT2D eigenvalue weighted by atomic mass is 32.2. The molecule has 2 atom stereocenters. The zero-order valence-corrected chi connectivity index (χ0v) is 12.1. The lowest BCUT2D eigenvalue weighted by molar-refractivity contribution is -0.141. The molecule has 3 rings (SSSR count). The molecule has 1 aliphatic rings. The maximum absolute atomic E-state index is 13.0. The maximum atomic E-state index is 13.0. The molecule has 114 valence electrons. The first-order valence-electron chi connectivity index (χ1n) is 6.52. The van der Waals surface area contributed by atoms with E-state index < -0.39 is 29.1 Å². The minimum Gasteiger partial charge on any atom is -0.480 e. The molecule has 2 heterocycles. The van der Waals surface area contributed by atoms with E-state index in [0.29, 0.717) is 0 Å². The molecule has 1 N–H and O–H groups in total. The van der Waals surface area contributed by atoms with Crippen molar-refractivity contribution in [3.05, 3.63) is 59.8 Å². The van der Waals surface area contributed by atoms with Crippen LogP contribution in [0.4, 0.5) is 4.39 Å². The summed E-state index contributed by atoms with van der Waals surface area (Å²) in [6.07, 6.45) is 2.97. The molecule has 1 amide bonds. The summed E-state index contributed by atoms with van der Waals surface area (Å²) >= 11 is 1.36. The second kappa shape index (κ2) is 5.84. The molecule has 2 aromatic rings. The van der Waals surface area contributed by atoms with Crippen molar-refractivity contribution in [2.24, 2.45) is 0 Å². The second-order valence-electron chi connectivity index (χ2n) is 4.82. The minimum atomic E-state index is -1.06. The number of amides is 1. The largest absolute Gasteiger partial charge is 0.480 e. The lowest BCUT2D eigenvalue weighted by Crippen LogP contribution is -2.42. The fraction of sp³-hybridized carbons (Fsp3) is 0.200. The SMILES string of the molecule is O=C(O)[C@@H]1CS[C@H](c2ccoc2)N1C(=O)c1ccc(F)cc1. The van der Waals surface area contributed by atoms with Crippen LogP contribution < -0.4 is 0 Å². The molecule has 5 nitrogen and oxygen atoms in total. The molecule has 0 unspecified atom stereocenters. The predicted octanol–water partition coefficient (Wildman–Crippen LogP) is 2.76. The molecule has 1 aromatic heterocycles. The Morgan fingerprint density at radius 3 is 2.59 bits per heavy atom. The third kappa shape index (κ3) is 2.59. The number of furan rings is 1. The van der Waals surface area contributed by atoms with Gasteiger partial charge in [0.25, 0.3) is 5.91 Å². The fourth-order valence-corrected chi connectivity index (χ4v) is 3.76.